The van der Waals surface area contributed by atoms with E-state index in [1.807, 2.05) is 6.92 Å². The first-order valence-corrected chi connectivity index (χ1v) is 5.12. The van der Waals surface area contributed by atoms with Crippen LogP contribution in [0.3, 0.4) is 0 Å². The molecule has 0 fully saturated rings. The highest BCUT2D eigenvalue weighted by Crippen LogP contribution is 2.23. The normalized spacial score (nSPS) is 14.9. The molecule has 0 saturated heterocycles. The standard InChI is InChI=1S/C11H13N3O2/c1-6(7(2)11(15)16)10-13-8-3-4-12-5-9(8)14-10/h3-7H,1-2H3,(H,13,14)(H,15,16). The molecule has 0 aromatic carbocycles. The van der Waals surface area contributed by atoms with Gasteiger partial charge in [0.15, 0.2) is 0 Å². The number of carboxylic acid groups (broad SMARTS) is 1. The van der Waals surface area contributed by atoms with E-state index in [-0.39, 0.29) is 5.92 Å². The lowest BCUT2D eigenvalue weighted by Crippen LogP contribution is -2.17. The van der Waals surface area contributed by atoms with Gasteiger partial charge in [0.2, 0.25) is 0 Å². The van der Waals surface area contributed by atoms with Crippen LogP contribution in [0.5, 0.6) is 0 Å². The lowest BCUT2D eigenvalue weighted by Gasteiger charge is -2.12. The second-order valence-corrected chi connectivity index (χ2v) is 3.93. The van der Waals surface area contributed by atoms with E-state index >= 15 is 0 Å². The number of carbonyl (C=O) groups is 1. The second kappa shape index (κ2) is 3.92. The molecule has 16 heavy (non-hydrogen) atoms. The van der Waals surface area contributed by atoms with Gasteiger partial charge < -0.3 is 10.1 Å². The first kappa shape index (κ1) is 10.6. The lowest BCUT2D eigenvalue weighted by molar-refractivity contribution is -0.141. The van der Waals surface area contributed by atoms with E-state index in [0.717, 1.165) is 11.0 Å². The molecule has 0 aliphatic heterocycles. The highest BCUT2D eigenvalue weighted by molar-refractivity contribution is 5.74. The average molecular weight is 219 g/mol. The van der Waals surface area contributed by atoms with Crippen LogP contribution in [0.2, 0.25) is 0 Å². The van der Waals surface area contributed by atoms with Crippen molar-refractivity contribution in [3.8, 4) is 0 Å². The van der Waals surface area contributed by atoms with Crippen molar-refractivity contribution in [3.63, 3.8) is 0 Å². The molecular weight excluding hydrogens is 206 g/mol. The highest BCUT2D eigenvalue weighted by Gasteiger charge is 2.23. The van der Waals surface area contributed by atoms with Gasteiger partial charge in [-0.1, -0.05) is 13.8 Å². The molecule has 2 atom stereocenters. The third-order valence-corrected chi connectivity index (χ3v) is 2.87. The molecule has 0 aliphatic carbocycles. The number of nitrogens with zero attached hydrogens (tertiary/aromatic N) is 2. The quantitative estimate of drug-likeness (QED) is 0.824. The first-order chi connectivity index (χ1) is 7.59. The van der Waals surface area contributed by atoms with Crippen LogP contribution in [-0.2, 0) is 4.79 Å². The van der Waals surface area contributed by atoms with Crippen molar-refractivity contribution in [2.24, 2.45) is 5.92 Å². The molecule has 2 rings (SSSR count). The zero-order chi connectivity index (χ0) is 11.7. The third-order valence-electron chi connectivity index (χ3n) is 2.87. The molecule has 0 radical (unpaired) electrons. The number of aromatic nitrogens is 3. The van der Waals surface area contributed by atoms with Gasteiger partial charge in [0.1, 0.15) is 5.82 Å². The number of pyridine rings is 1. The van der Waals surface area contributed by atoms with Crippen LogP contribution in [0.25, 0.3) is 11.0 Å². The number of imidazole rings is 1. The van der Waals surface area contributed by atoms with Crippen molar-refractivity contribution in [1.29, 1.82) is 0 Å². The number of aliphatic carboxylic acids is 1. The van der Waals surface area contributed by atoms with Crippen LogP contribution < -0.4 is 0 Å². The van der Waals surface area contributed by atoms with E-state index in [0.29, 0.717) is 5.82 Å². The Morgan fingerprint density at radius 1 is 1.50 bits per heavy atom. The van der Waals surface area contributed by atoms with Crippen LogP contribution in [0.4, 0.5) is 0 Å². The van der Waals surface area contributed by atoms with Crippen LogP contribution >= 0.6 is 0 Å². The molecule has 84 valence electrons. The number of H-pyrrole nitrogens is 1. The van der Waals surface area contributed by atoms with Gasteiger partial charge >= 0.3 is 5.97 Å². The van der Waals surface area contributed by atoms with E-state index in [1.54, 1.807) is 25.4 Å². The summed E-state index contributed by atoms with van der Waals surface area (Å²) in [7, 11) is 0. The Hall–Kier alpha value is -1.91. The maximum Gasteiger partial charge on any atom is 0.306 e. The zero-order valence-corrected chi connectivity index (χ0v) is 9.14. The number of fused-ring (bicyclic) bond motifs is 1. The SMILES string of the molecule is CC(C(=O)O)C(C)c1nc2ccncc2[nH]1. The molecule has 0 spiro atoms. The maximum atomic E-state index is 10.9. The Morgan fingerprint density at radius 2 is 2.25 bits per heavy atom. The van der Waals surface area contributed by atoms with E-state index < -0.39 is 11.9 Å². The molecule has 2 unspecified atom stereocenters. The summed E-state index contributed by atoms with van der Waals surface area (Å²) < 4.78 is 0. The van der Waals surface area contributed by atoms with Crippen LogP contribution in [0, 0.1) is 5.92 Å². The van der Waals surface area contributed by atoms with E-state index in [1.165, 1.54) is 0 Å². The van der Waals surface area contributed by atoms with Gasteiger partial charge in [-0.15, -0.1) is 0 Å². The molecule has 0 aliphatic rings. The van der Waals surface area contributed by atoms with Crippen LogP contribution in [0.15, 0.2) is 18.5 Å². The molecule has 2 N–H and O–H groups in total. The van der Waals surface area contributed by atoms with E-state index in [9.17, 15) is 4.79 Å². The number of nitrogens with one attached hydrogen (secondary N) is 1. The predicted octanol–water partition coefficient (Wildman–Crippen LogP) is 1.78. The molecule has 0 saturated carbocycles. The van der Waals surface area contributed by atoms with Crippen molar-refractivity contribution in [1.82, 2.24) is 15.0 Å². The van der Waals surface area contributed by atoms with Crippen molar-refractivity contribution in [2.75, 3.05) is 0 Å². The van der Waals surface area contributed by atoms with Gasteiger partial charge in [0, 0.05) is 12.1 Å². The third kappa shape index (κ3) is 1.76. The molecule has 5 nitrogen and oxygen atoms in total. The van der Waals surface area contributed by atoms with Crippen molar-refractivity contribution < 1.29 is 9.90 Å². The first-order valence-electron chi connectivity index (χ1n) is 5.12. The zero-order valence-electron chi connectivity index (χ0n) is 9.14. The summed E-state index contributed by atoms with van der Waals surface area (Å²) >= 11 is 0. The lowest BCUT2D eigenvalue weighted by atomic mass is 9.96. The molecule has 0 amide bonds. The number of aromatic amines is 1. The number of rotatable bonds is 3. The summed E-state index contributed by atoms with van der Waals surface area (Å²) in [6.45, 7) is 3.53. The largest absolute Gasteiger partial charge is 0.481 e. The predicted molar refractivity (Wildman–Crippen MR) is 59.1 cm³/mol. The van der Waals surface area contributed by atoms with Crippen LogP contribution in [0.1, 0.15) is 25.6 Å². The highest BCUT2D eigenvalue weighted by atomic mass is 16.4. The van der Waals surface area contributed by atoms with Crippen molar-refractivity contribution >= 4 is 17.0 Å². The fourth-order valence-corrected chi connectivity index (χ4v) is 1.54. The summed E-state index contributed by atoms with van der Waals surface area (Å²) in [5.74, 6) is -0.734. The minimum absolute atomic E-state index is 0.148. The van der Waals surface area contributed by atoms with Gasteiger partial charge in [-0.3, -0.25) is 9.78 Å². The smallest absolute Gasteiger partial charge is 0.306 e. The summed E-state index contributed by atoms with van der Waals surface area (Å²) in [6, 6.07) is 1.80. The summed E-state index contributed by atoms with van der Waals surface area (Å²) in [4.78, 5) is 22.3. The van der Waals surface area contributed by atoms with E-state index in [2.05, 4.69) is 15.0 Å². The minimum Gasteiger partial charge on any atom is -0.481 e. The number of hydrogen-bond donors (Lipinski definition) is 2. The van der Waals surface area contributed by atoms with Crippen molar-refractivity contribution in [2.45, 2.75) is 19.8 Å². The second-order valence-electron chi connectivity index (χ2n) is 3.93. The monoisotopic (exact) mass is 219 g/mol. The Balaban J connectivity index is 2.36. The Morgan fingerprint density at radius 3 is 2.88 bits per heavy atom. The van der Waals surface area contributed by atoms with Gasteiger partial charge in [-0.2, -0.15) is 0 Å². The molecule has 2 aromatic rings. The summed E-state index contributed by atoms with van der Waals surface area (Å²) in [6.07, 6.45) is 3.35. The topological polar surface area (TPSA) is 78.9 Å². The molecule has 2 aromatic heterocycles. The Bertz CT molecular complexity index is 488. The molecular formula is C11H13N3O2. The average Bonchev–Trinajstić information content (AvgIpc) is 2.70. The van der Waals surface area contributed by atoms with Gasteiger partial charge in [-0.25, -0.2) is 4.98 Å². The fourth-order valence-electron chi connectivity index (χ4n) is 1.54. The minimum atomic E-state index is -0.814. The molecule has 2 heterocycles. The summed E-state index contributed by atoms with van der Waals surface area (Å²) in [5.41, 5.74) is 1.65. The number of hydrogen-bond acceptors (Lipinski definition) is 3. The Kier molecular flexibility index (Phi) is 2.60. The molecule has 0 bridgehead atoms. The van der Waals surface area contributed by atoms with Crippen LogP contribution in [-0.4, -0.2) is 26.0 Å². The van der Waals surface area contributed by atoms with Gasteiger partial charge in [0.05, 0.1) is 23.1 Å². The van der Waals surface area contributed by atoms with Gasteiger partial charge in [-0.05, 0) is 6.07 Å². The fraction of sp³-hybridized carbons (Fsp3) is 0.364. The molecule has 5 heteroatoms. The van der Waals surface area contributed by atoms with E-state index in [4.69, 9.17) is 5.11 Å². The van der Waals surface area contributed by atoms with Gasteiger partial charge in [0.25, 0.3) is 0 Å². The number of carboxylic acids is 1. The maximum absolute atomic E-state index is 10.9. The Labute approximate surface area is 92.5 Å². The summed E-state index contributed by atoms with van der Waals surface area (Å²) in [5, 5.41) is 8.93. The van der Waals surface area contributed by atoms with Crippen molar-refractivity contribution in [3.05, 3.63) is 24.3 Å².